The van der Waals surface area contributed by atoms with Crippen molar-refractivity contribution in [3.05, 3.63) is 34.9 Å². The smallest absolute Gasteiger partial charge is 0.224 e. The van der Waals surface area contributed by atoms with Gasteiger partial charge in [-0.15, -0.1) is 12.4 Å². The quantitative estimate of drug-likeness (QED) is 0.896. The van der Waals surface area contributed by atoms with Gasteiger partial charge in [-0.25, -0.2) is 0 Å². The van der Waals surface area contributed by atoms with E-state index in [1.165, 1.54) is 12.8 Å². The zero-order chi connectivity index (χ0) is 13.7. The second-order valence-corrected chi connectivity index (χ2v) is 6.11. The van der Waals surface area contributed by atoms with Crippen LogP contribution < -0.4 is 10.6 Å². The SMILES string of the molecule is CC1(CNC(=O)Cc2ccc(Cl)cc2)CCCNC1.Cl. The van der Waals surface area contributed by atoms with Gasteiger partial charge in [0.05, 0.1) is 6.42 Å². The summed E-state index contributed by atoms with van der Waals surface area (Å²) in [5.41, 5.74) is 1.18. The average Bonchev–Trinajstić information content (AvgIpc) is 2.40. The molecule has 0 aromatic heterocycles. The van der Waals surface area contributed by atoms with Crippen LogP contribution in [0.2, 0.25) is 5.02 Å². The average molecular weight is 317 g/mol. The van der Waals surface area contributed by atoms with Gasteiger partial charge in [0.1, 0.15) is 0 Å². The summed E-state index contributed by atoms with van der Waals surface area (Å²) in [6.45, 7) is 5.04. The zero-order valence-electron chi connectivity index (χ0n) is 11.7. The molecule has 20 heavy (non-hydrogen) atoms. The fraction of sp³-hybridized carbons (Fsp3) is 0.533. The van der Waals surface area contributed by atoms with Crippen LogP contribution in [-0.2, 0) is 11.2 Å². The maximum Gasteiger partial charge on any atom is 0.224 e. The number of halogens is 2. The summed E-state index contributed by atoms with van der Waals surface area (Å²) >= 11 is 5.82. The van der Waals surface area contributed by atoms with Crippen molar-refractivity contribution in [2.45, 2.75) is 26.2 Å². The lowest BCUT2D eigenvalue weighted by atomic mass is 9.83. The van der Waals surface area contributed by atoms with E-state index in [4.69, 9.17) is 11.6 Å². The fourth-order valence-electron chi connectivity index (χ4n) is 2.43. The number of carbonyl (C=O) groups is 1. The Kier molecular flexibility index (Phi) is 6.80. The van der Waals surface area contributed by atoms with E-state index in [0.717, 1.165) is 25.2 Å². The molecule has 1 heterocycles. The predicted octanol–water partition coefficient (Wildman–Crippen LogP) is 2.81. The molecule has 0 spiro atoms. The highest BCUT2D eigenvalue weighted by molar-refractivity contribution is 6.30. The van der Waals surface area contributed by atoms with Crippen LogP contribution in [0.1, 0.15) is 25.3 Å². The molecular weight excluding hydrogens is 295 g/mol. The lowest BCUT2D eigenvalue weighted by molar-refractivity contribution is -0.121. The molecule has 0 aliphatic carbocycles. The van der Waals surface area contributed by atoms with Crippen LogP contribution in [0.5, 0.6) is 0 Å². The molecule has 112 valence electrons. The third kappa shape index (κ3) is 5.31. The summed E-state index contributed by atoms with van der Waals surface area (Å²) in [6.07, 6.45) is 2.77. The molecule has 1 atom stereocenters. The molecule has 1 aliphatic rings. The van der Waals surface area contributed by atoms with Gasteiger partial charge >= 0.3 is 0 Å². The first kappa shape index (κ1) is 17.3. The molecule has 0 radical (unpaired) electrons. The maximum atomic E-state index is 11.9. The number of hydrogen-bond donors (Lipinski definition) is 2. The van der Waals surface area contributed by atoms with Crippen molar-refractivity contribution < 1.29 is 4.79 Å². The maximum absolute atomic E-state index is 11.9. The van der Waals surface area contributed by atoms with E-state index >= 15 is 0 Å². The molecule has 2 rings (SSSR count). The predicted molar refractivity (Wildman–Crippen MR) is 85.6 cm³/mol. The van der Waals surface area contributed by atoms with E-state index in [9.17, 15) is 4.79 Å². The van der Waals surface area contributed by atoms with Crippen LogP contribution in [0.4, 0.5) is 0 Å². The first-order valence-electron chi connectivity index (χ1n) is 6.79. The summed E-state index contributed by atoms with van der Waals surface area (Å²) < 4.78 is 0. The molecule has 1 aromatic rings. The number of hydrogen-bond acceptors (Lipinski definition) is 2. The number of rotatable bonds is 4. The molecule has 1 aromatic carbocycles. The summed E-state index contributed by atoms with van der Waals surface area (Å²) in [4.78, 5) is 11.9. The monoisotopic (exact) mass is 316 g/mol. The number of amides is 1. The Morgan fingerprint density at radius 2 is 2.10 bits per heavy atom. The van der Waals surface area contributed by atoms with Crippen LogP contribution in [-0.4, -0.2) is 25.5 Å². The Bertz CT molecular complexity index is 428. The van der Waals surface area contributed by atoms with Crippen molar-refractivity contribution in [1.82, 2.24) is 10.6 Å². The van der Waals surface area contributed by atoms with Crippen LogP contribution in [0.25, 0.3) is 0 Å². The largest absolute Gasteiger partial charge is 0.355 e. The van der Waals surface area contributed by atoms with Gasteiger partial charge in [-0.3, -0.25) is 4.79 Å². The van der Waals surface area contributed by atoms with Crippen LogP contribution in [0, 0.1) is 5.41 Å². The Labute approximate surface area is 131 Å². The van der Waals surface area contributed by atoms with Gasteiger partial charge in [0.25, 0.3) is 0 Å². The van der Waals surface area contributed by atoms with Crippen LogP contribution in [0.15, 0.2) is 24.3 Å². The fourth-order valence-corrected chi connectivity index (χ4v) is 2.56. The Morgan fingerprint density at radius 3 is 2.70 bits per heavy atom. The Morgan fingerprint density at radius 1 is 1.40 bits per heavy atom. The molecule has 1 aliphatic heterocycles. The minimum Gasteiger partial charge on any atom is -0.355 e. The highest BCUT2D eigenvalue weighted by Crippen LogP contribution is 2.24. The minimum absolute atomic E-state index is 0. The standard InChI is InChI=1S/C15H21ClN2O.ClH/c1-15(7-2-8-17-10-15)11-18-14(19)9-12-3-5-13(16)6-4-12;/h3-6,17H,2,7-11H2,1H3,(H,18,19);1H. The molecule has 0 bridgehead atoms. The van der Waals surface area contributed by atoms with Crippen molar-refractivity contribution in [3.8, 4) is 0 Å². The highest BCUT2D eigenvalue weighted by Gasteiger charge is 2.26. The van der Waals surface area contributed by atoms with Gasteiger partial charge < -0.3 is 10.6 Å². The molecule has 3 nitrogen and oxygen atoms in total. The van der Waals surface area contributed by atoms with E-state index in [1.54, 1.807) is 0 Å². The van der Waals surface area contributed by atoms with Crippen molar-refractivity contribution in [3.63, 3.8) is 0 Å². The zero-order valence-corrected chi connectivity index (χ0v) is 13.3. The topological polar surface area (TPSA) is 41.1 Å². The van der Waals surface area contributed by atoms with Gasteiger partial charge in [-0.05, 0) is 42.5 Å². The van der Waals surface area contributed by atoms with Gasteiger partial charge in [0, 0.05) is 18.1 Å². The van der Waals surface area contributed by atoms with Crippen molar-refractivity contribution in [2.75, 3.05) is 19.6 Å². The van der Waals surface area contributed by atoms with E-state index in [2.05, 4.69) is 17.6 Å². The van der Waals surface area contributed by atoms with E-state index in [1.807, 2.05) is 24.3 Å². The summed E-state index contributed by atoms with van der Waals surface area (Å²) in [7, 11) is 0. The third-order valence-corrected chi connectivity index (χ3v) is 3.93. The molecule has 1 amide bonds. The van der Waals surface area contributed by atoms with E-state index in [0.29, 0.717) is 11.4 Å². The molecule has 5 heteroatoms. The van der Waals surface area contributed by atoms with Crippen LogP contribution in [0.3, 0.4) is 0 Å². The normalized spacial score (nSPS) is 21.9. The summed E-state index contributed by atoms with van der Waals surface area (Å²) in [5, 5.41) is 7.13. The summed E-state index contributed by atoms with van der Waals surface area (Å²) in [5.74, 6) is 0.0779. The molecule has 1 unspecified atom stereocenters. The highest BCUT2D eigenvalue weighted by atomic mass is 35.5. The Balaban J connectivity index is 0.00000200. The van der Waals surface area contributed by atoms with Crippen molar-refractivity contribution in [2.24, 2.45) is 5.41 Å². The lowest BCUT2D eigenvalue weighted by Crippen LogP contribution is -2.45. The van der Waals surface area contributed by atoms with Gasteiger partial charge in [0.2, 0.25) is 5.91 Å². The minimum atomic E-state index is 0. The molecule has 0 saturated carbocycles. The van der Waals surface area contributed by atoms with E-state index in [-0.39, 0.29) is 23.7 Å². The van der Waals surface area contributed by atoms with Crippen molar-refractivity contribution >= 4 is 29.9 Å². The number of carbonyl (C=O) groups excluding carboxylic acids is 1. The molecular formula is C15H22Cl2N2O. The first-order chi connectivity index (χ1) is 9.07. The van der Waals surface area contributed by atoms with Gasteiger partial charge in [-0.1, -0.05) is 30.7 Å². The molecule has 1 saturated heterocycles. The first-order valence-corrected chi connectivity index (χ1v) is 7.17. The Hall–Kier alpha value is -0.770. The second kappa shape index (κ2) is 7.87. The van der Waals surface area contributed by atoms with Gasteiger partial charge in [0.15, 0.2) is 0 Å². The molecule has 1 fully saturated rings. The number of benzene rings is 1. The molecule has 2 N–H and O–H groups in total. The summed E-state index contributed by atoms with van der Waals surface area (Å²) in [6, 6.07) is 7.42. The van der Waals surface area contributed by atoms with Crippen LogP contribution >= 0.6 is 24.0 Å². The van der Waals surface area contributed by atoms with Gasteiger partial charge in [-0.2, -0.15) is 0 Å². The third-order valence-electron chi connectivity index (χ3n) is 3.68. The lowest BCUT2D eigenvalue weighted by Gasteiger charge is -2.34. The second-order valence-electron chi connectivity index (χ2n) is 5.67. The number of nitrogens with one attached hydrogen (secondary N) is 2. The van der Waals surface area contributed by atoms with Crippen molar-refractivity contribution in [1.29, 1.82) is 0 Å². The number of piperidine rings is 1. The van der Waals surface area contributed by atoms with E-state index < -0.39 is 0 Å².